The van der Waals surface area contributed by atoms with Crippen molar-refractivity contribution in [2.75, 3.05) is 6.61 Å². The fourth-order valence-corrected chi connectivity index (χ4v) is 1.39. The van der Waals surface area contributed by atoms with Crippen LogP contribution in [0.25, 0.3) is 11.0 Å². The fraction of sp³-hybridized carbons (Fsp3) is 0.333. The van der Waals surface area contributed by atoms with Crippen molar-refractivity contribution in [1.29, 1.82) is 0 Å². The summed E-state index contributed by atoms with van der Waals surface area (Å²) >= 11 is 0. The van der Waals surface area contributed by atoms with E-state index in [0.29, 0.717) is 11.0 Å². The van der Waals surface area contributed by atoms with E-state index in [-0.39, 0.29) is 12.2 Å². The maximum atomic E-state index is 10.6. The Morgan fingerprint density at radius 3 is 2.76 bits per heavy atom. The number of rotatable bonds is 4. The summed E-state index contributed by atoms with van der Waals surface area (Å²) in [5.74, 6) is 0. The van der Waals surface area contributed by atoms with Gasteiger partial charge in [-0.1, -0.05) is 0 Å². The summed E-state index contributed by atoms with van der Waals surface area (Å²) in [4.78, 5) is 11.2. The lowest BCUT2D eigenvalue weighted by molar-refractivity contribution is -0.384. The number of benzene rings is 1. The number of aliphatic hydroxyl groups is 2. The molecule has 0 saturated heterocycles. The fourth-order valence-electron chi connectivity index (χ4n) is 1.39. The highest BCUT2D eigenvalue weighted by molar-refractivity contribution is 5.76. The molecule has 0 saturated carbocycles. The van der Waals surface area contributed by atoms with E-state index < -0.39 is 17.6 Å². The van der Waals surface area contributed by atoms with Crippen molar-refractivity contribution in [3.05, 3.63) is 28.3 Å². The number of nitro groups is 1. The quantitative estimate of drug-likeness (QED) is 0.558. The van der Waals surface area contributed by atoms with Crippen LogP contribution in [0, 0.1) is 10.1 Å². The SMILES string of the molecule is O=[N+]([O-])c1ccc2nn(CC(O)CO)nc2c1. The van der Waals surface area contributed by atoms with Crippen LogP contribution in [0.15, 0.2) is 18.2 Å². The number of fused-ring (bicyclic) bond motifs is 1. The third kappa shape index (κ3) is 2.37. The van der Waals surface area contributed by atoms with Crippen LogP contribution in [0.3, 0.4) is 0 Å². The Morgan fingerprint density at radius 1 is 1.41 bits per heavy atom. The lowest BCUT2D eigenvalue weighted by Crippen LogP contribution is -2.21. The first kappa shape index (κ1) is 11.4. The van der Waals surface area contributed by atoms with Crippen molar-refractivity contribution in [3.63, 3.8) is 0 Å². The Kier molecular flexibility index (Phi) is 2.98. The summed E-state index contributed by atoms with van der Waals surface area (Å²) in [6.45, 7) is -0.350. The van der Waals surface area contributed by atoms with Crippen LogP contribution in [-0.2, 0) is 6.54 Å². The maximum absolute atomic E-state index is 10.6. The molecule has 8 nitrogen and oxygen atoms in total. The van der Waals surface area contributed by atoms with Gasteiger partial charge in [0.1, 0.15) is 11.0 Å². The summed E-state index contributed by atoms with van der Waals surface area (Å²) in [6.07, 6.45) is -0.952. The van der Waals surface area contributed by atoms with E-state index in [0.717, 1.165) is 0 Å². The highest BCUT2D eigenvalue weighted by atomic mass is 16.6. The highest BCUT2D eigenvalue weighted by Crippen LogP contribution is 2.17. The predicted octanol–water partition coefficient (Wildman–Crippen LogP) is -0.307. The van der Waals surface area contributed by atoms with Gasteiger partial charge in [-0.05, 0) is 6.07 Å². The molecule has 0 radical (unpaired) electrons. The number of hydrogen-bond acceptors (Lipinski definition) is 6. The summed E-state index contributed by atoms with van der Waals surface area (Å²) < 4.78 is 0. The minimum absolute atomic E-state index is 0.0407. The van der Waals surface area contributed by atoms with Gasteiger partial charge in [0.25, 0.3) is 5.69 Å². The second-order valence-electron chi connectivity index (χ2n) is 3.52. The lowest BCUT2D eigenvalue weighted by Gasteiger charge is -2.04. The van der Waals surface area contributed by atoms with E-state index >= 15 is 0 Å². The highest BCUT2D eigenvalue weighted by Gasteiger charge is 2.11. The molecule has 1 aromatic carbocycles. The number of nitro benzene ring substituents is 1. The predicted molar refractivity (Wildman–Crippen MR) is 57.3 cm³/mol. The van der Waals surface area contributed by atoms with Crippen LogP contribution in [0.1, 0.15) is 0 Å². The number of hydrogen-bond donors (Lipinski definition) is 2. The molecular weight excluding hydrogens is 228 g/mol. The first-order chi connectivity index (χ1) is 8.10. The second-order valence-corrected chi connectivity index (χ2v) is 3.52. The Balaban J connectivity index is 2.33. The van der Waals surface area contributed by atoms with Crippen LogP contribution in [0.4, 0.5) is 5.69 Å². The Morgan fingerprint density at radius 2 is 2.12 bits per heavy atom. The van der Waals surface area contributed by atoms with Gasteiger partial charge >= 0.3 is 0 Å². The van der Waals surface area contributed by atoms with Gasteiger partial charge < -0.3 is 10.2 Å². The number of non-ortho nitro benzene ring substituents is 1. The van der Waals surface area contributed by atoms with Gasteiger partial charge in [-0.2, -0.15) is 15.0 Å². The molecule has 2 aromatic rings. The molecule has 0 amide bonds. The topological polar surface area (TPSA) is 114 Å². The van der Waals surface area contributed by atoms with E-state index in [4.69, 9.17) is 5.11 Å². The van der Waals surface area contributed by atoms with Crippen LogP contribution >= 0.6 is 0 Å². The van der Waals surface area contributed by atoms with E-state index in [1.807, 2.05) is 0 Å². The second kappa shape index (κ2) is 4.44. The zero-order valence-corrected chi connectivity index (χ0v) is 8.72. The van der Waals surface area contributed by atoms with Crippen molar-refractivity contribution < 1.29 is 15.1 Å². The molecule has 1 atom stereocenters. The number of nitrogens with zero attached hydrogens (tertiary/aromatic N) is 4. The lowest BCUT2D eigenvalue weighted by atomic mass is 10.3. The van der Waals surface area contributed by atoms with Crippen LogP contribution in [-0.4, -0.2) is 42.8 Å². The van der Waals surface area contributed by atoms with E-state index in [1.54, 1.807) is 0 Å². The monoisotopic (exact) mass is 238 g/mol. The van der Waals surface area contributed by atoms with Gasteiger partial charge in [0.2, 0.25) is 0 Å². The molecule has 90 valence electrons. The Bertz CT molecular complexity index is 553. The molecule has 1 aromatic heterocycles. The third-order valence-electron chi connectivity index (χ3n) is 2.20. The molecule has 2 rings (SSSR count). The average molecular weight is 238 g/mol. The Hall–Kier alpha value is -2.06. The molecule has 0 fully saturated rings. The van der Waals surface area contributed by atoms with Crippen molar-refractivity contribution in [2.45, 2.75) is 12.6 Å². The zero-order chi connectivity index (χ0) is 12.4. The molecule has 0 bridgehead atoms. The van der Waals surface area contributed by atoms with Gasteiger partial charge in [0.15, 0.2) is 0 Å². The molecule has 1 unspecified atom stereocenters. The minimum Gasteiger partial charge on any atom is -0.394 e. The first-order valence-electron chi connectivity index (χ1n) is 4.88. The van der Waals surface area contributed by atoms with Gasteiger partial charge in [-0.3, -0.25) is 10.1 Å². The van der Waals surface area contributed by atoms with Crippen LogP contribution in [0.5, 0.6) is 0 Å². The molecule has 0 aliphatic carbocycles. The van der Waals surface area contributed by atoms with Crippen molar-refractivity contribution >= 4 is 16.7 Å². The molecule has 2 N–H and O–H groups in total. The molecular formula is C9H10N4O4. The minimum atomic E-state index is -0.952. The Labute approximate surface area is 95.2 Å². The molecule has 0 aliphatic rings. The van der Waals surface area contributed by atoms with Gasteiger partial charge in [-0.15, -0.1) is 0 Å². The van der Waals surface area contributed by atoms with Gasteiger partial charge in [0.05, 0.1) is 24.2 Å². The smallest absolute Gasteiger partial charge is 0.271 e. The van der Waals surface area contributed by atoms with Crippen molar-refractivity contribution in [1.82, 2.24) is 15.0 Å². The molecule has 17 heavy (non-hydrogen) atoms. The zero-order valence-electron chi connectivity index (χ0n) is 8.72. The summed E-state index contributed by atoms with van der Waals surface area (Å²) in [6, 6.07) is 4.14. The molecule has 0 aliphatic heterocycles. The van der Waals surface area contributed by atoms with Gasteiger partial charge in [0, 0.05) is 12.1 Å². The van der Waals surface area contributed by atoms with Crippen LogP contribution in [0.2, 0.25) is 0 Å². The van der Waals surface area contributed by atoms with Crippen molar-refractivity contribution in [2.24, 2.45) is 0 Å². The molecule has 0 spiro atoms. The summed E-state index contributed by atoms with van der Waals surface area (Å²) in [5.41, 5.74) is 0.817. The number of aromatic nitrogens is 3. The largest absolute Gasteiger partial charge is 0.394 e. The number of aliphatic hydroxyl groups excluding tert-OH is 2. The summed E-state index contributed by atoms with van der Waals surface area (Å²) in [7, 11) is 0. The maximum Gasteiger partial charge on any atom is 0.271 e. The van der Waals surface area contributed by atoms with Crippen LogP contribution < -0.4 is 0 Å². The van der Waals surface area contributed by atoms with Crippen molar-refractivity contribution in [3.8, 4) is 0 Å². The average Bonchev–Trinajstić information content (AvgIpc) is 2.69. The van der Waals surface area contributed by atoms with E-state index in [1.165, 1.54) is 23.0 Å². The third-order valence-corrected chi connectivity index (χ3v) is 2.20. The summed E-state index contributed by atoms with van der Waals surface area (Å²) in [5, 5.41) is 36.4. The first-order valence-corrected chi connectivity index (χ1v) is 4.88. The molecule has 1 heterocycles. The standard InChI is InChI=1S/C9H10N4O4/c14-5-7(15)4-12-10-8-2-1-6(13(16)17)3-9(8)11-12/h1-3,7,14-15H,4-5H2. The van der Waals surface area contributed by atoms with E-state index in [9.17, 15) is 15.2 Å². The normalized spacial score (nSPS) is 12.8. The van der Waals surface area contributed by atoms with Gasteiger partial charge in [-0.25, -0.2) is 0 Å². The molecule has 8 heteroatoms. The van der Waals surface area contributed by atoms with E-state index in [2.05, 4.69) is 10.2 Å².